The predicted octanol–water partition coefficient (Wildman–Crippen LogP) is 6.19. The molecule has 3 N–H and O–H groups in total. The number of fused-ring (bicyclic) bond motifs is 1. The Kier molecular flexibility index (Phi) is 8.41. The molecule has 0 saturated carbocycles. The zero-order valence-corrected chi connectivity index (χ0v) is 23.4. The first kappa shape index (κ1) is 27.9. The number of hydrogen-bond acceptors (Lipinski definition) is 4. The van der Waals surface area contributed by atoms with Crippen LogP contribution in [0.25, 0.3) is 10.9 Å². The third-order valence-electron chi connectivity index (χ3n) is 7.36. The van der Waals surface area contributed by atoms with Gasteiger partial charge in [-0.2, -0.15) is 0 Å². The molecule has 4 rings (SSSR count). The van der Waals surface area contributed by atoms with E-state index in [9.17, 15) is 9.59 Å². The molecule has 3 aromatic carbocycles. The van der Waals surface area contributed by atoms with Crippen LogP contribution in [0.2, 0.25) is 0 Å². The number of nitrogens with zero attached hydrogens (tertiary/aromatic N) is 1. The molecule has 1 heterocycles. The topological polar surface area (TPSA) is 92.6 Å². The van der Waals surface area contributed by atoms with Crippen LogP contribution in [0, 0.1) is 13.8 Å². The van der Waals surface area contributed by atoms with E-state index in [1.54, 1.807) is 18.5 Å². The van der Waals surface area contributed by atoms with Gasteiger partial charge in [-0.3, -0.25) is 14.8 Å². The maximum absolute atomic E-state index is 13.2. The van der Waals surface area contributed by atoms with Crippen molar-refractivity contribution in [2.75, 3.05) is 0 Å². The van der Waals surface area contributed by atoms with Crippen LogP contribution >= 0.6 is 0 Å². The van der Waals surface area contributed by atoms with E-state index in [-0.39, 0.29) is 11.9 Å². The van der Waals surface area contributed by atoms with Gasteiger partial charge in [-0.1, -0.05) is 50.2 Å². The number of ether oxygens (including phenoxy) is 1. The van der Waals surface area contributed by atoms with Crippen LogP contribution in [0.1, 0.15) is 78.0 Å². The summed E-state index contributed by atoms with van der Waals surface area (Å²) in [5, 5.41) is 13.0. The molecule has 204 valence electrons. The molecule has 4 aromatic rings. The van der Waals surface area contributed by atoms with Crippen molar-refractivity contribution in [1.82, 2.24) is 15.4 Å². The number of amides is 2. The summed E-state index contributed by atoms with van der Waals surface area (Å²) in [7, 11) is 0. The smallest absolute Gasteiger partial charge is 0.284 e. The number of rotatable bonds is 9. The molecular formula is C32H37N3O4. The highest BCUT2D eigenvalue weighted by Gasteiger charge is 2.18. The Morgan fingerprint density at radius 2 is 1.64 bits per heavy atom. The van der Waals surface area contributed by atoms with Gasteiger partial charge in [-0.15, -0.1) is 0 Å². The maximum Gasteiger partial charge on any atom is 0.284 e. The molecule has 0 fully saturated rings. The number of hydrogen-bond donors (Lipinski definition) is 3. The predicted molar refractivity (Wildman–Crippen MR) is 153 cm³/mol. The molecule has 0 aliphatic heterocycles. The molecule has 1 aromatic heterocycles. The lowest BCUT2D eigenvalue weighted by Gasteiger charge is -2.17. The highest BCUT2D eigenvalue weighted by Crippen LogP contribution is 2.28. The second-order valence-electron chi connectivity index (χ2n) is 10.4. The molecule has 0 spiro atoms. The van der Waals surface area contributed by atoms with Crippen molar-refractivity contribution < 1.29 is 19.5 Å². The second-order valence-corrected chi connectivity index (χ2v) is 10.4. The Hall–Kier alpha value is -4.10. The van der Waals surface area contributed by atoms with Crippen LogP contribution in [0.15, 0.2) is 66.7 Å². The van der Waals surface area contributed by atoms with Gasteiger partial charge in [0.15, 0.2) is 6.10 Å². The van der Waals surface area contributed by atoms with E-state index in [4.69, 9.17) is 9.94 Å². The zero-order valence-electron chi connectivity index (χ0n) is 23.4. The first-order valence-corrected chi connectivity index (χ1v) is 13.3. The molecule has 7 nitrogen and oxygen atoms in total. The summed E-state index contributed by atoms with van der Waals surface area (Å²) in [5.41, 5.74) is 8.86. The second kappa shape index (κ2) is 11.7. The molecule has 0 unspecified atom stereocenters. The number of nitrogens with one attached hydrogen (secondary N) is 2. The molecule has 7 heteroatoms. The number of aromatic nitrogens is 1. The van der Waals surface area contributed by atoms with Gasteiger partial charge in [0.1, 0.15) is 5.75 Å². The lowest BCUT2D eigenvalue weighted by atomic mass is 9.98. The van der Waals surface area contributed by atoms with Crippen molar-refractivity contribution in [2.45, 2.75) is 66.2 Å². The van der Waals surface area contributed by atoms with Crippen molar-refractivity contribution in [2.24, 2.45) is 0 Å². The standard InChI is InChI=1S/C32H37N3O4/c1-19(2)25-10-8-11-26(16-25)21(4)33-32(37)27-13-14-30-29(17-27)20(3)22(5)35(30)18-24-9-7-12-28(15-24)39-23(6)31(36)34-38/h7-17,19,21,23,38H,18H2,1-6H3,(H,33,37)(H,34,36)/t21-,23-/m0/s1. The van der Waals surface area contributed by atoms with E-state index in [0.29, 0.717) is 23.8 Å². The Bertz CT molecular complexity index is 1500. The first-order chi connectivity index (χ1) is 18.6. The Labute approximate surface area is 229 Å². The summed E-state index contributed by atoms with van der Waals surface area (Å²) in [6.07, 6.45) is -0.826. The Morgan fingerprint density at radius 1 is 0.923 bits per heavy atom. The quantitative estimate of drug-likeness (QED) is 0.179. The number of carbonyl (C=O) groups is 2. The Morgan fingerprint density at radius 3 is 2.36 bits per heavy atom. The number of hydroxylamine groups is 1. The lowest BCUT2D eigenvalue weighted by Crippen LogP contribution is -2.34. The fourth-order valence-electron chi connectivity index (χ4n) is 4.79. The zero-order chi connectivity index (χ0) is 28.3. The molecule has 2 atom stereocenters. The van der Waals surface area contributed by atoms with E-state index >= 15 is 0 Å². The lowest BCUT2D eigenvalue weighted by molar-refractivity contribution is -0.135. The summed E-state index contributed by atoms with van der Waals surface area (Å²) in [6.45, 7) is 12.7. The molecule has 0 radical (unpaired) electrons. The minimum absolute atomic E-state index is 0.102. The van der Waals surface area contributed by atoms with Gasteiger partial charge in [0.25, 0.3) is 11.8 Å². The Balaban J connectivity index is 1.55. The average molecular weight is 528 g/mol. The minimum atomic E-state index is -0.826. The van der Waals surface area contributed by atoms with Gasteiger partial charge in [0.2, 0.25) is 0 Å². The molecule has 0 aliphatic carbocycles. The van der Waals surface area contributed by atoms with Gasteiger partial charge < -0.3 is 14.6 Å². The SMILES string of the molecule is Cc1c(C)n(Cc2cccc(O[C@@H](C)C(=O)NO)c2)c2ccc(C(=O)N[C@@H](C)c3cccc(C(C)C)c3)cc12. The fourth-order valence-corrected chi connectivity index (χ4v) is 4.79. The summed E-state index contributed by atoms with van der Waals surface area (Å²) in [5.74, 6) is 0.259. The van der Waals surface area contributed by atoms with Gasteiger partial charge in [0.05, 0.1) is 6.04 Å². The normalized spacial score (nSPS) is 12.8. The van der Waals surface area contributed by atoms with E-state index < -0.39 is 12.0 Å². The average Bonchev–Trinajstić information content (AvgIpc) is 3.16. The molecule has 0 saturated heterocycles. The summed E-state index contributed by atoms with van der Waals surface area (Å²) in [6, 6.07) is 21.7. The third kappa shape index (κ3) is 6.15. The number of aryl methyl sites for hydroxylation is 1. The van der Waals surface area contributed by atoms with Crippen LogP contribution in [-0.4, -0.2) is 27.7 Å². The third-order valence-corrected chi connectivity index (χ3v) is 7.36. The van der Waals surface area contributed by atoms with Crippen LogP contribution in [0.4, 0.5) is 0 Å². The molecule has 0 bridgehead atoms. The maximum atomic E-state index is 13.2. The van der Waals surface area contributed by atoms with E-state index in [0.717, 1.165) is 33.3 Å². The summed E-state index contributed by atoms with van der Waals surface area (Å²) in [4.78, 5) is 24.8. The largest absolute Gasteiger partial charge is 0.481 e. The van der Waals surface area contributed by atoms with Gasteiger partial charge in [-0.25, -0.2) is 5.48 Å². The van der Waals surface area contributed by atoms with Crippen LogP contribution in [-0.2, 0) is 11.3 Å². The van der Waals surface area contributed by atoms with Crippen molar-refractivity contribution in [3.63, 3.8) is 0 Å². The van der Waals surface area contributed by atoms with Crippen molar-refractivity contribution in [3.05, 3.63) is 100 Å². The van der Waals surface area contributed by atoms with Crippen molar-refractivity contribution >= 4 is 22.7 Å². The highest BCUT2D eigenvalue weighted by atomic mass is 16.5. The molecule has 39 heavy (non-hydrogen) atoms. The monoisotopic (exact) mass is 527 g/mol. The van der Waals surface area contributed by atoms with Crippen LogP contribution < -0.4 is 15.5 Å². The molecule has 2 amide bonds. The van der Waals surface area contributed by atoms with E-state index in [1.807, 2.05) is 49.4 Å². The van der Waals surface area contributed by atoms with Crippen molar-refractivity contribution in [3.8, 4) is 5.75 Å². The fraction of sp³-hybridized carbons (Fsp3) is 0.312. The van der Waals surface area contributed by atoms with Gasteiger partial charge in [0, 0.05) is 28.7 Å². The summed E-state index contributed by atoms with van der Waals surface area (Å²) >= 11 is 0. The number of carbonyl (C=O) groups excluding carboxylic acids is 2. The van der Waals surface area contributed by atoms with Crippen LogP contribution in [0.3, 0.4) is 0 Å². The molecular weight excluding hydrogens is 490 g/mol. The first-order valence-electron chi connectivity index (χ1n) is 13.3. The van der Waals surface area contributed by atoms with Gasteiger partial charge >= 0.3 is 0 Å². The van der Waals surface area contributed by atoms with Crippen LogP contribution in [0.5, 0.6) is 5.75 Å². The minimum Gasteiger partial charge on any atom is -0.481 e. The number of benzene rings is 3. The van der Waals surface area contributed by atoms with Crippen molar-refractivity contribution in [1.29, 1.82) is 0 Å². The summed E-state index contributed by atoms with van der Waals surface area (Å²) < 4.78 is 7.88. The van der Waals surface area contributed by atoms with E-state index in [2.05, 4.69) is 55.8 Å². The van der Waals surface area contributed by atoms with Gasteiger partial charge in [-0.05, 0) is 86.2 Å². The highest BCUT2D eigenvalue weighted by molar-refractivity contribution is 5.99. The molecule has 0 aliphatic rings. The van der Waals surface area contributed by atoms with E-state index in [1.165, 1.54) is 5.56 Å².